The van der Waals surface area contributed by atoms with Gasteiger partial charge in [-0.05, 0) is 69.5 Å². The topological polar surface area (TPSA) is 21.3 Å². The van der Waals surface area contributed by atoms with E-state index in [-0.39, 0.29) is 11.2 Å². The maximum Gasteiger partial charge on any atom is 0.0787 e. The first-order chi connectivity index (χ1) is 7.89. The van der Waals surface area contributed by atoms with E-state index in [1.54, 1.807) is 11.3 Å². The molecule has 2 nitrogen and oxygen atoms in total. The maximum absolute atomic E-state index is 6.08. The first-order valence-corrected chi connectivity index (χ1v) is 7.28. The smallest absolute Gasteiger partial charge is 0.0787 e. The van der Waals surface area contributed by atoms with Gasteiger partial charge in [0.15, 0.2) is 0 Å². The number of rotatable bonds is 4. The summed E-state index contributed by atoms with van der Waals surface area (Å²) in [6, 6.07) is 2.66. The summed E-state index contributed by atoms with van der Waals surface area (Å²) in [5.41, 5.74) is 1.38. The van der Waals surface area contributed by atoms with Crippen LogP contribution in [0, 0.1) is 0 Å². The second-order valence-corrected chi connectivity index (χ2v) is 6.84. The van der Waals surface area contributed by atoms with E-state index in [2.05, 4.69) is 49.8 Å². The molecule has 3 heteroatoms. The fourth-order valence-corrected chi connectivity index (χ4v) is 3.41. The number of thiophene rings is 1. The molecular weight excluding hydrogens is 230 g/mol. The lowest BCUT2D eigenvalue weighted by atomic mass is 9.94. The van der Waals surface area contributed by atoms with E-state index < -0.39 is 0 Å². The van der Waals surface area contributed by atoms with Gasteiger partial charge in [-0.3, -0.25) is 0 Å². The van der Waals surface area contributed by atoms with Crippen molar-refractivity contribution in [2.75, 3.05) is 6.54 Å². The Morgan fingerprint density at radius 1 is 1.41 bits per heavy atom. The molecule has 0 saturated carbocycles. The number of nitrogens with one attached hydrogen (secondary N) is 1. The lowest BCUT2D eigenvalue weighted by Gasteiger charge is -2.27. The zero-order chi connectivity index (χ0) is 12.5. The quantitative estimate of drug-likeness (QED) is 0.889. The van der Waals surface area contributed by atoms with Crippen molar-refractivity contribution in [2.24, 2.45) is 0 Å². The summed E-state index contributed by atoms with van der Waals surface area (Å²) in [5, 5.41) is 8.01. The molecule has 1 saturated heterocycles. The molecule has 1 unspecified atom stereocenters. The summed E-state index contributed by atoms with van der Waals surface area (Å²) in [4.78, 5) is 0. The molecule has 1 aromatic rings. The van der Waals surface area contributed by atoms with Crippen LogP contribution >= 0.6 is 11.3 Å². The molecule has 1 aliphatic heterocycles. The molecule has 2 rings (SSSR count). The molecule has 0 spiro atoms. The predicted octanol–water partition coefficient (Wildman–Crippen LogP) is 3.23. The van der Waals surface area contributed by atoms with Gasteiger partial charge in [-0.25, -0.2) is 0 Å². The highest BCUT2D eigenvalue weighted by molar-refractivity contribution is 7.07. The molecule has 0 radical (unpaired) electrons. The minimum Gasteiger partial charge on any atom is -0.368 e. The van der Waals surface area contributed by atoms with E-state index >= 15 is 0 Å². The van der Waals surface area contributed by atoms with Crippen LogP contribution in [0.15, 0.2) is 16.8 Å². The monoisotopic (exact) mass is 253 g/mol. The Labute approximate surface area is 108 Å². The van der Waals surface area contributed by atoms with Gasteiger partial charge >= 0.3 is 0 Å². The van der Waals surface area contributed by atoms with Crippen LogP contribution in [0.4, 0.5) is 0 Å². The molecule has 96 valence electrons. The molecule has 1 N–H and O–H groups in total. The van der Waals surface area contributed by atoms with E-state index in [1.165, 1.54) is 5.56 Å². The molecule has 0 aromatic carbocycles. The standard InChI is InChI=1S/C14H23NOS/c1-13(2)9-12(14(3,4)16-13)15-7-5-11-6-8-17-10-11/h6,8,10,12,15H,5,7,9H2,1-4H3. The molecular formula is C14H23NOS. The third kappa shape index (κ3) is 3.30. The fraction of sp³-hybridized carbons (Fsp3) is 0.714. The third-order valence-corrected chi connectivity index (χ3v) is 4.19. The van der Waals surface area contributed by atoms with Gasteiger partial charge < -0.3 is 10.1 Å². The summed E-state index contributed by atoms with van der Waals surface area (Å²) in [6.45, 7) is 9.75. The van der Waals surface area contributed by atoms with Crippen molar-refractivity contribution in [1.82, 2.24) is 5.32 Å². The maximum atomic E-state index is 6.08. The molecule has 2 heterocycles. The minimum atomic E-state index is -0.0574. The van der Waals surface area contributed by atoms with Gasteiger partial charge in [-0.15, -0.1) is 0 Å². The summed E-state index contributed by atoms with van der Waals surface area (Å²) >= 11 is 1.77. The molecule has 0 amide bonds. The molecule has 1 atom stereocenters. The summed E-state index contributed by atoms with van der Waals surface area (Å²) in [5.74, 6) is 0. The van der Waals surface area contributed by atoms with Crippen LogP contribution in [-0.2, 0) is 11.2 Å². The number of hydrogen-bond donors (Lipinski definition) is 1. The Bertz CT molecular complexity index is 356. The van der Waals surface area contributed by atoms with Crippen molar-refractivity contribution in [3.05, 3.63) is 22.4 Å². The van der Waals surface area contributed by atoms with Gasteiger partial charge in [0, 0.05) is 6.04 Å². The van der Waals surface area contributed by atoms with Crippen LogP contribution in [0.2, 0.25) is 0 Å². The van der Waals surface area contributed by atoms with Crippen LogP contribution in [-0.4, -0.2) is 23.8 Å². The van der Waals surface area contributed by atoms with Crippen molar-refractivity contribution < 1.29 is 4.74 Å². The van der Waals surface area contributed by atoms with E-state index in [0.29, 0.717) is 6.04 Å². The van der Waals surface area contributed by atoms with Crippen molar-refractivity contribution >= 4 is 11.3 Å². The van der Waals surface area contributed by atoms with Crippen molar-refractivity contribution in [3.8, 4) is 0 Å². The Morgan fingerprint density at radius 2 is 2.18 bits per heavy atom. The van der Waals surface area contributed by atoms with Crippen LogP contribution in [0.5, 0.6) is 0 Å². The van der Waals surface area contributed by atoms with Gasteiger partial charge in [-0.2, -0.15) is 11.3 Å². The first kappa shape index (κ1) is 13.1. The molecule has 1 aromatic heterocycles. The first-order valence-electron chi connectivity index (χ1n) is 6.34. The van der Waals surface area contributed by atoms with Crippen LogP contribution in [0.3, 0.4) is 0 Å². The molecule has 1 aliphatic rings. The SMILES string of the molecule is CC1(C)CC(NCCc2ccsc2)C(C)(C)O1. The normalized spacial score (nSPS) is 26.2. The largest absolute Gasteiger partial charge is 0.368 e. The molecule has 0 aliphatic carbocycles. The van der Waals surface area contributed by atoms with E-state index in [4.69, 9.17) is 4.74 Å². The van der Waals surface area contributed by atoms with E-state index in [0.717, 1.165) is 19.4 Å². The molecule has 1 fully saturated rings. The van der Waals surface area contributed by atoms with Crippen LogP contribution < -0.4 is 5.32 Å². The number of ether oxygens (including phenoxy) is 1. The second-order valence-electron chi connectivity index (χ2n) is 6.06. The van der Waals surface area contributed by atoms with Gasteiger partial charge in [0.2, 0.25) is 0 Å². The third-order valence-electron chi connectivity index (χ3n) is 3.46. The van der Waals surface area contributed by atoms with Gasteiger partial charge in [-0.1, -0.05) is 0 Å². The van der Waals surface area contributed by atoms with Crippen LogP contribution in [0.25, 0.3) is 0 Å². The van der Waals surface area contributed by atoms with Crippen molar-refractivity contribution in [1.29, 1.82) is 0 Å². The lowest BCUT2D eigenvalue weighted by Crippen LogP contribution is -2.44. The van der Waals surface area contributed by atoms with Gasteiger partial charge in [0.1, 0.15) is 0 Å². The van der Waals surface area contributed by atoms with Crippen molar-refractivity contribution in [3.63, 3.8) is 0 Å². The highest BCUT2D eigenvalue weighted by Crippen LogP contribution is 2.37. The highest BCUT2D eigenvalue weighted by atomic mass is 32.1. The summed E-state index contributed by atoms with van der Waals surface area (Å²) in [7, 11) is 0. The lowest BCUT2D eigenvalue weighted by molar-refractivity contribution is -0.0697. The number of hydrogen-bond acceptors (Lipinski definition) is 3. The summed E-state index contributed by atoms with van der Waals surface area (Å²) < 4.78 is 6.08. The van der Waals surface area contributed by atoms with E-state index in [9.17, 15) is 0 Å². The highest BCUT2D eigenvalue weighted by Gasteiger charge is 2.45. The Hall–Kier alpha value is -0.380. The Kier molecular flexibility index (Phi) is 3.62. The zero-order valence-corrected chi connectivity index (χ0v) is 12.1. The predicted molar refractivity (Wildman–Crippen MR) is 73.7 cm³/mol. The van der Waals surface area contributed by atoms with Gasteiger partial charge in [0.05, 0.1) is 11.2 Å². The van der Waals surface area contributed by atoms with Crippen LogP contribution in [0.1, 0.15) is 39.7 Å². The second kappa shape index (κ2) is 4.71. The van der Waals surface area contributed by atoms with Crippen molar-refractivity contribution in [2.45, 2.75) is 57.8 Å². The molecule has 17 heavy (non-hydrogen) atoms. The fourth-order valence-electron chi connectivity index (χ4n) is 2.71. The zero-order valence-electron chi connectivity index (χ0n) is 11.2. The average molecular weight is 253 g/mol. The minimum absolute atomic E-state index is 0.00352. The van der Waals surface area contributed by atoms with Gasteiger partial charge in [0.25, 0.3) is 0 Å². The van der Waals surface area contributed by atoms with E-state index in [1.807, 2.05) is 0 Å². The Balaban J connectivity index is 1.83. The molecule has 0 bridgehead atoms. The Morgan fingerprint density at radius 3 is 2.71 bits per heavy atom. The summed E-state index contributed by atoms with van der Waals surface area (Å²) in [6.07, 6.45) is 2.19. The average Bonchev–Trinajstić information content (AvgIpc) is 2.72.